The highest BCUT2D eigenvalue weighted by Crippen LogP contribution is 2.37. The van der Waals surface area contributed by atoms with E-state index >= 15 is 0 Å². The van der Waals surface area contributed by atoms with Gasteiger partial charge >= 0.3 is 0 Å². The van der Waals surface area contributed by atoms with Gasteiger partial charge in [0.1, 0.15) is 0 Å². The maximum atomic E-state index is 12.3. The van der Waals surface area contributed by atoms with Crippen LogP contribution in [-0.4, -0.2) is 23.7 Å². The molecule has 19 heavy (non-hydrogen) atoms. The van der Waals surface area contributed by atoms with E-state index in [4.69, 9.17) is 0 Å². The Hall–Kier alpha value is -1.35. The predicted molar refractivity (Wildman–Crippen MR) is 76.2 cm³/mol. The van der Waals surface area contributed by atoms with Gasteiger partial charge in [-0.15, -0.1) is 0 Å². The van der Waals surface area contributed by atoms with Crippen molar-refractivity contribution in [1.82, 2.24) is 5.32 Å². The van der Waals surface area contributed by atoms with Crippen LogP contribution in [-0.2, 0) is 0 Å². The van der Waals surface area contributed by atoms with Gasteiger partial charge in [-0.2, -0.15) is 0 Å². The molecule has 1 fully saturated rings. The maximum Gasteiger partial charge on any atom is 0.251 e. The number of amides is 1. The fraction of sp³-hybridized carbons (Fsp3) is 0.562. The van der Waals surface area contributed by atoms with Gasteiger partial charge in [0.2, 0.25) is 0 Å². The van der Waals surface area contributed by atoms with Crippen LogP contribution in [0.15, 0.2) is 18.2 Å². The van der Waals surface area contributed by atoms with Crippen LogP contribution < -0.4 is 5.32 Å². The quantitative estimate of drug-likeness (QED) is 0.878. The molecule has 0 spiro atoms. The fourth-order valence-corrected chi connectivity index (χ4v) is 2.97. The number of carbonyl (C=O) groups excluding carboxylic acids is 1. The van der Waals surface area contributed by atoms with E-state index in [0.717, 1.165) is 36.0 Å². The van der Waals surface area contributed by atoms with Crippen LogP contribution in [0.25, 0.3) is 0 Å². The third-order valence-corrected chi connectivity index (χ3v) is 4.38. The lowest BCUT2D eigenvalue weighted by Gasteiger charge is -2.30. The van der Waals surface area contributed by atoms with Gasteiger partial charge in [0.25, 0.3) is 5.91 Å². The number of hydrogen-bond donors (Lipinski definition) is 2. The zero-order valence-electron chi connectivity index (χ0n) is 12.0. The maximum absolute atomic E-state index is 12.3. The minimum atomic E-state index is -0.172. The van der Waals surface area contributed by atoms with Crippen LogP contribution in [0.2, 0.25) is 0 Å². The van der Waals surface area contributed by atoms with Crippen LogP contribution in [0.5, 0.6) is 0 Å². The number of aryl methyl sites for hydroxylation is 2. The fourth-order valence-electron chi connectivity index (χ4n) is 2.97. The Bertz CT molecular complexity index is 484. The first-order valence-corrected chi connectivity index (χ1v) is 6.95. The van der Waals surface area contributed by atoms with Gasteiger partial charge in [-0.3, -0.25) is 4.79 Å². The lowest BCUT2D eigenvalue weighted by Crippen LogP contribution is -2.44. The van der Waals surface area contributed by atoms with Crippen molar-refractivity contribution < 1.29 is 9.90 Å². The summed E-state index contributed by atoms with van der Waals surface area (Å²) < 4.78 is 0. The van der Waals surface area contributed by atoms with Crippen molar-refractivity contribution in [3.05, 3.63) is 34.9 Å². The monoisotopic (exact) mass is 261 g/mol. The molecule has 0 aliphatic heterocycles. The average molecular weight is 261 g/mol. The molecule has 0 bridgehead atoms. The van der Waals surface area contributed by atoms with Crippen molar-refractivity contribution in [3.8, 4) is 0 Å². The van der Waals surface area contributed by atoms with Gasteiger partial charge in [0, 0.05) is 17.0 Å². The van der Waals surface area contributed by atoms with Crippen molar-refractivity contribution in [2.24, 2.45) is 5.41 Å². The van der Waals surface area contributed by atoms with E-state index in [-0.39, 0.29) is 24.0 Å². The number of rotatable bonds is 3. The van der Waals surface area contributed by atoms with E-state index in [2.05, 4.69) is 5.32 Å². The summed E-state index contributed by atoms with van der Waals surface area (Å²) in [6.45, 7) is 6.16. The second kappa shape index (κ2) is 5.33. The molecule has 3 heteroatoms. The van der Waals surface area contributed by atoms with Gasteiger partial charge in [-0.05, 0) is 38.3 Å². The Labute approximate surface area is 115 Å². The zero-order valence-corrected chi connectivity index (χ0v) is 12.0. The number of nitrogens with one attached hydrogen (secondary N) is 1. The van der Waals surface area contributed by atoms with Crippen molar-refractivity contribution in [1.29, 1.82) is 0 Å². The second-order valence-corrected chi connectivity index (χ2v) is 6.05. The number of aliphatic hydroxyl groups excluding tert-OH is 1. The molecule has 0 radical (unpaired) electrons. The van der Waals surface area contributed by atoms with E-state index in [1.165, 1.54) is 0 Å². The minimum Gasteiger partial charge on any atom is -0.396 e. The van der Waals surface area contributed by atoms with Crippen LogP contribution in [0.3, 0.4) is 0 Å². The summed E-state index contributed by atoms with van der Waals surface area (Å²) in [7, 11) is 0. The van der Waals surface area contributed by atoms with Crippen LogP contribution in [0.1, 0.15) is 47.7 Å². The Balaban J connectivity index is 2.13. The first kappa shape index (κ1) is 14.1. The summed E-state index contributed by atoms with van der Waals surface area (Å²) in [4.78, 5) is 12.3. The lowest BCUT2D eigenvalue weighted by atomic mass is 9.85. The van der Waals surface area contributed by atoms with Crippen LogP contribution in [0, 0.1) is 19.3 Å². The zero-order chi connectivity index (χ0) is 14.0. The molecule has 1 aromatic carbocycles. The number of hydrogen-bond acceptors (Lipinski definition) is 2. The molecule has 0 heterocycles. The largest absolute Gasteiger partial charge is 0.396 e. The highest BCUT2D eigenvalue weighted by atomic mass is 16.3. The van der Waals surface area contributed by atoms with Crippen molar-refractivity contribution in [2.45, 2.75) is 46.1 Å². The van der Waals surface area contributed by atoms with E-state index < -0.39 is 0 Å². The molecule has 1 amide bonds. The smallest absolute Gasteiger partial charge is 0.251 e. The van der Waals surface area contributed by atoms with Crippen molar-refractivity contribution in [2.75, 3.05) is 6.61 Å². The summed E-state index contributed by atoms with van der Waals surface area (Å²) >= 11 is 0. The van der Waals surface area contributed by atoms with Gasteiger partial charge in [-0.25, -0.2) is 0 Å². The Kier molecular flexibility index (Phi) is 3.95. The van der Waals surface area contributed by atoms with E-state index in [1.54, 1.807) is 0 Å². The highest BCUT2D eigenvalue weighted by Gasteiger charge is 2.39. The average Bonchev–Trinajstić information content (AvgIpc) is 2.71. The third kappa shape index (κ3) is 2.81. The molecule has 2 N–H and O–H groups in total. The Morgan fingerprint density at radius 2 is 2.21 bits per heavy atom. The van der Waals surface area contributed by atoms with Gasteiger partial charge in [-0.1, -0.05) is 31.0 Å². The SMILES string of the molecule is Cc1ccc(C(=O)NC2CCCC2(C)CO)c(C)c1. The van der Waals surface area contributed by atoms with E-state index in [9.17, 15) is 9.90 Å². The minimum absolute atomic E-state index is 0.0240. The van der Waals surface area contributed by atoms with Crippen molar-refractivity contribution in [3.63, 3.8) is 0 Å². The Morgan fingerprint density at radius 3 is 2.84 bits per heavy atom. The molecule has 104 valence electrons. The van der Waals surface area contributed by atoms with Gasteiger partial charge in [0.05, 0.1) is 6.61 Å². The molecule has 1 saturated carbocycles. The molecule has 0 saturated heterocycles. The molecule has 1 aromatic rings. The molecule has 2 atom stereocenters. The standard InChI is InChI=1S/C16H23NO2/c1-11-6-7-13(12(2)9-11)15(19)17-14-5-4-8-16(14,3)10-18/h6-7,9,14,18H,4-5,8,10H2,1-3H3,(H,17,19). The summed E-state index contributed by atoms with van der Waals surface area (Å²) in [6.07, 6.45) is 2.99. The first-order valence-electron chi connectivity index (χ1n) is 6.95. The molecule has 1 aliphatic rings. The summed E-state index contributed by atoms with van der Waals surface area (Å²) in [5, 5.41) is 12.6. The summed E-state index contributed by atoms with van der Waals surface area (Å²) in [6, 6.07) is 5.94. The van der Waals surface area contributed by atoms with Crippen molar-refractivity contribution >= 4 is 5.91 Å². The second-order valence-electron chi connectivity index (χ2n) is 6.05. The summed E-state index contributed by atoms with van der Waals surface area (Å²) in [5.74, 6) is -0.0240. The molecule has 1 aliphatic carbocycles. The Morgan fingerprint density at radius 1 is 1.47 bits per heavy atom. The molecular formula is C16H23NO2. The summed E-state index contributed by atoms with van der Waals surface area (Å²) in [5.41, 5.74) is 2.72. The number of aliphatic hydroxyl groups is 1. The first-order chi connectivity index (χ1) is 8.96. The van der Waals surface area contributed by atoms with E-state index in [0.29, 0.717) is 0 Å². The predicted octanol–water partition coefficient (Wildman–Crippen LogP) is 2.58. The topological polar surface area (TPSA) is 49.3 Å². The number of carbonyl (C=O) groups is 1. The molecular weight excluding hydrogens is 238 g/mol. The molecule has 0 aromatic heterocycles. The molecule has 2 rings (SSSR count). The molecule has 3 nitrogen and oxygen atoms in total. The van der Waals surface area contributed by atoms with E-state index in [1.807, 2.05) is 39.0 Å². The normalized spacial score (nSPS) is 26.4. The lowest BCUT2D eigenvalue weighted by molar-refractivity contribution is 0.0830. The number of benzene rings is 1. The van der Waals surface area contributed by atoms with Crippen LogP contribution in [0.4, 0.5) is 0 Å². The van der Waals surface area contributed by atoms with Gasteiger partial charge in [0.15, 0.2) is 0 Å². The molecule has 2 unspecified atom stereocenters. The third-order valence-electron chi connectivity index (χ3n) is 4.38. The highest BCUT2D eigenvalue weighted by molar-refractivity contribution is 5.95. The van der Waals surface area contributed by atoms with Gasteiger partial charge < -0.3 is 10.4 Å². The van der Waals surface area contributed by atoms with Crippen LogP contribution >= 0.6 is 0 Å².